The molecule has 0 bridgehead atoms. The maximum absolute atomic E-state index is 12.7. The number of hydrogen-bond donors (Lipinski definition) is 1. The van der Waals surface area contributed by atoms with Crippen LogP contribution in [0.4, 0.5) is 0 Å². The molecule has 2 aromatic carbocycles. The van der Waals surface area contributed by atoms with Crippen molar-refractivity contribution in [2.75, 3.05) is 7.05 Å². The lowest BCUT2D eigenvalue weighted by Gasteiger charge is -2.26. The SMILES string of the molecule is Cc1cccc(C(=O)N(C)C(C)c2ccccc2O)c1C. The van der Waals surface area contributed by atoms with Gasteiger partial charge in [-0.1, -0.05) is 30.3 Å². The number of aryl methyl sites for hydroxylation is 1. The topological polar surface area (TPSA) is 40.5 Å². The summed E-state index contributed by atoms with van der Waals surface area (Å²) >= 11 is 0. The minimum atomic E-state index is -0.196. The first kappa shape index (κ1) is 15.1. The Morgan fingerprint density at radius 1 is 1.10 bits per heavy atom. The fraction of sp³-hybridized carbons (Fsp3) is 0.278. The Morgan fingerprint density at radius 2 is 1.76 bits per heavy atom. The summed E-state index contributed by atoms with van der Waals surface area (Å²) in [5.74, 6) is 0.178. The molecule has 0 radical (unpaired) electrons. The zero-order chi connectivity index (χ0) is 15.6. The highest BCUT2D eigenvalue weighted by Crippen LogP contribution is 2.28. The Kier molecular flexibility index (Phi) is 4.32. The molecule has 0 fully saturated rings. The molecule has 2 rings (SSSR count). The van der Waals surface area contributed by atoms with Crippen LogP contribution >= 0.6 is 0 Å². The van der Waals surface area contributed by atoms with Crippen molar-refractivity contribution in [3.8, 4) is 5.75 Å². The van der Waals surface area contributed by atoms with Crippen LogP contribution in [0.5, 0.6) is 5.75 Å². The predicted molar refractivity (Wildman–Crippen MR) is 84.5 cm³/mol. The average molecular weight is 283 g/mol. The number of carbonyl (C=O) groups is 1. The molecule has 0 saturated carbocycles. The van der Waals surface area contributed by atoms with Gasteiger partial charge >= 0.3 is 0 Å². The van der Waals surface area contributed by atoms with Crippen molar-refractivity contribution in [3.63, 3.8) is 0 Å². The molecule has 3 heteroatoms. The van der Waals surface area contributed by atoms with Crippen molar-refractivity contribution in [2.24, 2.45) is 0 Å². The molecule has 3 nitrogen and oxygen atoms in total. The predicted octanol–water partition coefficient (Wildman–Crippen LogP) is 3.84. The van der Waals surface area contributed by atoms with Crippen molar-refractivity contribution in [1.82, 2.24) is 4.90 Å². The lowest BCUT2D eigenvalue weighted by atomic mass is 10.0. The van der Waals surface area contributed by atoms with E-state index in [4.69, 9.17) is 0 Å². The summed E-state index contributed by atoms with van der Waals surface area (Å²) in [7, 11) is 1.77. The molecule has 110 valence electrons. The summed E-state index contributed by atoms with van der Waals surface area (Å²) < 4.78 is 0. The third-order valence-corrected chi connectivity index (χ3v) is 4.12. The second-order valence-electron chi connectivity index (χ2n) is 5.40. The first-order valence-corrected chi connectivity index (χ1v) is 7.04. The molecule has 21 heavy (non-hydrogen) atoms. The summed E-state index contributed by atoms with van der Waals surface area (Å²) in [6.45, 7) is 5.87. The number of nitrogens with zero attached hydrogens (tertiary/aromatic N) is 1. The summed E-state index contributed by atoms with van der Waals surface area (Å²) in [6.07, 6.45) is 0. The van der Waals surface area contributed by atoms with Crippen LogP contribution in [0.15, 0.2) is 42.5 Å². The fourth-order valence-electron chi connectivity index (χ4n) is 2.40. The standard InChI is InChI=1S/C18H21NO2/c1-12-8-7-10-15(13(12)2)18(21)19(4)14(3)16-9-5-6-11-17(16)20/h5-11,14,20H,1-4H3. The van der Waals surface area contributed by atoms with E-state index < -0.39 is 0 Å². The summed E-state index contributed by atoms with van der Waals surface area (Å²) in [4.78, 5) is 14.4. The van der Waals surface area contributed by atoms with Gasteiger partial charge in [0.2, 0.25) is 0 Å². The Hall–Kier alpha value is -2.29. The van der Waals surface area contributed by atoms with E-state index in [2.05, 4.69) is 0 Å². The molecule has 0 spiro atoms. The van der Waals surface area contributed by atoms with Gasteiger partial charge in [-0.15, -0.1) is 0 Å². The molecular formula is C18H21NO2. The lowest BCUT2D eigenvalue weighted by molar-refractivity contribution is 0.0740. The zero-order valence-electron chi connectivity index (χ0n) is 12.9. The molecule has 1 atom stereocenters. The van der Waals surface area contributed by atoms with Crippen molar-refractivity contribution < 1.29 is 9.90 Å². The van der Waals surface area contributed by atoms with Gasteiger partial charge in [0, 0.05) is 18.2 Å². The van der Waals surface area contributed by atoms with Gasteiger partial charge in [-0.05, 0) is 44.0 Å². The van der Waals surface area contributed by atoms with Gasteiger partial charge in [0.15, 0.2) is 0 Å². The van der Waals surface area contributed by atoms with E-state index in [0.717, 1.165) is 16.7 Å². The van der Waals surface area contributed by atoms with Crippen molar-refractivity contribution in [2.45, 2.75) is 26.8 Å². The van der Waals surface area contributed by atoms with E-state index in [1.54, 1.807) is 24.1 Å². The third kappa shape index (κ3) is 2.92. The molecule has 1 N–H and O–H groups in total. The number of amides is 1. The van der Waals surface area contributed by atoms with Gasteiger partial charge in [0.25, 0.3) is 5.91 Å². The number of phenols is 1. The quantitative estimate of drug-likeness (QED) is 0.929. The van der Waals surface area contributed by atoms with E-state index in [9.17, 15) is 9.90 Å². The van der Waals surface area contributed by atoms with Gasteiger partial charge in [0.05, 0.1) is 6.04 Å². The monoisotopic (exact) mass is 283 g/mol. The van der Waals surface area contributed by atoms with E-state index >= 15 is 0 Å². The first-order valence-electron chi connectivity index (χ1n) is 7.04. The number of benzene rings is 2. The van der Waals surface area contributed by atoms with Crippen molar-refractivity contribution in [3.05, 3.63) is 64.7 Å². The van der Waals surface area contributed by atoms with Crippen molar-refractivity contribution in [1.29, 1.82) is 0 Å². The highest BCUT2D eigenvalue weighted by molar-refractivity contribution is 5.96. The van der Waals surface area contributed by atoms with Crippen LogP contribution < -0.4 is 0 Å². The van der Waals surface area contributed by atoms with E-state index in [-0.39, 0.29) is 17.7 Å². The second-order valence-corrected chi connectivity index (χ2v) is 5.40. The number of hydrogen-bond acceptors (Lipinski definition) is 2. The molecule has 1 unspecified atom stereocenters. The highest BCUT2D eigenvalue weighted by Gasteiger charge is 2.22. The zero-order valence-corrected chi connectivity index (χ0v) is 12.9. The minimum absolute atomic E-state index is 0.0352. The molecule has 0 aliphatic carbocycles. The molecule has 2 aromatic rings. The molecule has 0 aliphatic rings. The van der Waals surface area contributed by atoms with Gasteiger partial charge in [-0.3, -0.25) is 4.79 Å². The second kappa shape index (κ2) is 6.00. The van der Waals surface area contributed by atoms with Crippen LogP contribution in [0.1, 0.15) is 40.0 Å². The van der Waals surface area contributed by atoms with Gasteiger partial charge < -0.3 is 10.0 Å². The van der Waals surface area contributed by atoms with Gasteiger partial charge in [0.1, 0.15) is 5.75 Å². The minimum Gasteiger partial charge on any atom is -0.508 e. The van der Waals surface area contributed by atoms with Crippen LogP contribution in [0.3, 0.4) is 0 Å². The van der Waals surface area contributed by atoms with Gasteiger partial charge in [-0.2, -0.15) is 0 Å². The number of carbonyl (C=O) groups excluding carboxylic acids is 1. The summed E-state index contributed by atoms with van der Waals surface area (Å²) in [6, 6.07) is 12.7. The lowest BCUT2D eigenvalue weighted by Crippen LogP contribution is -2.30. The number of aromatic hydroxyl groups is 1. The summed E-state index contributed by atoms with van der Waals surface area (Å²) in [5.41, 5.74) is 3.56. The number of rotatable bonds is 3. The molecule has 1 amide bonds. The third-order valence-electron chi connectivity index (χ3n) is 4.12. The number of para-hydroxylation sites is 1. The Bertz CT molecular complexity index is 664. The van der Waals surface area contributed by atoms with E-state index in [1.165, 1.54) is 0 Å². The van der Waals surface area contributed by atoms with E-state index in [1.807, 2.05) is 51.1 Å². The van der Waals surface area contributed by atoms with Crippen LogP contribution in [0, 0.1) is 13.8 Å². The molecule has 0 aliphatic heterocycles. The summed E-state index contributed by atoms with van der Waals surface area (Å²) in [5, 5.41) is 9.94. The van der Waals surface area contributed by atoms with Crippen LogP contribution in [-0.2, 0) is 0 Å². The number of phenolic OH excluding ortho intramolecular Hbond substituents is 1. The normalized spacial score (nSPS) is 12.0. The molecule has 0 aromatic heterocycles. The van der Waals surface area contributed by atoms with Gasteiger partial charge in [-0.25, -0.2) is 0 Å². The molecule has 0 saturated heterocycles. The van der Waals surface area contributed by atoms with Crippen molar-refractivity contribution >= 4 is 5.91 Å². The fourth-order valence-corrected chi connectivity index (χ4v) is 2.40. The van der Waals surface area contributed by atoms with Crippen LogP contribution in [0.25, 0.3) is 0 Å². The Balaban J connectivity index is 2.31. The van der Waals surface area contributed by atoms with E-state index in [0.29, 0.717) is 5.56 Å². The highest BCUT2D eigenvalue weighted by atomic mass is 16.3. The Labute approximate surface area is 125 Å². The smallest absolute Gasteiger partial charge is 0.254 e. The first-order chi connectivity index (χ1) is 9.93. The Morgan fingerprint density at radius 3 is 2.43 bits per heavy atom. The largest absolute Gasteiger partial charge is 0.508 e. The maximum Gasteiger partial charge on any atom is 0.254 e. The molecular weight excluding hydrogens is 262 g/mol. The average Bonchev–Trinajstić information content (AvgIpc) is 2.48. The van der Waals surface area contributed by atoms with Crippen LogP contribution in [0.2, 0.25) is 0 Å². The van der Waals surface area contributed by atoms with Crippen LogP contribution in [-0.4, -0.2) is 23.0 Å². The molecule has 0 heterocycles. The maximum atomic E-state index is 12.7.